The smallest absolute Gasteiger partial charge is 0.306 e. The Labute approximate surface area is 308 Å². The lowest BCUT2D eigenvalue weighted by atomic mass is 9.31. The van der Waals surface area contributed by atoms with Crippen LogP contribution in [0.2, 0.25) is 0 Å². The van der Waals surface area contributed by atoms with E-state index in [1.54, 1.807) is 0 Å². The Balaban J connectivity index is 1.01. The number of esters is 1. The largest absolute Gasteiger partial charge is 0.462 e. The lowest BCUT2D eigenvalue weighted by Gasteiger charge is -2.74. The SMILES string of the molecule is CCCCCCCCCCCCCCCC(=O)OC1CCC2(C)C(CCC3(C)C2CCC2C4C(C)C5(C)OC5CC4(C)C(O)CC23C)C1(C)C. The molecule has 0 bridgehead atoms. The van der Waals surface area contributed by atoms with Crippen molar-refractivity contribution in [3.05, 3.63) is 0 Å². The molecule has 0 aromatic heterocycles. The quantitative estimate of drug-likeness (QED) is 0.105. The molecular formula is C46H80O4. The number of rotatable bonds is 15. The first kappa shape index (κ1) is 39.1. The van der Waals surface area contributed by atoms with Gasteiger partial charge in [-0.05, 0) is 116 Å². The van der Waals surface area contributed by atoms with Crippen molar-refractivity contribution in [3.63, 3.8) is 0 Å². The van der Waals surface area contributed by atoms with Gasteiger partial charge in [-0.1, -0.05) is 132 Å². The molecule has 0 aromatic rings. The molecule has 50 heavy (non-hydrogen) atoms. The Morgan fingerprint density at radius 3 is 1.92 bits per heavy atom. The Kier molecular flexibility index (Phi) is 11.4. The van der Waals surface area contributed by atoms with Crippen molar-refractivity contribution in [1.82, 2.24) is 0 Å². The van der Waals surface area contributed by atoms with Crippen molar-refractivity contribution in [1.29, 1.82) is 0 Å². The third kappa shape index (κ3) is 6.49. The zero-order chi connectivity index (χ0) is 36.2. The molecule has 1 heterocycles. The van der Waals surface area contributed by atoms with Gasteiger partial charge in [-0.3, -0.25) is 4.79 Å². The first-order chi connectivity index (χ1) is 23.6. The van der Waals surface area contributed by atoms with Crippen LogP contribution in [-0.2, 0) is 14.3 Å². The van der Waals surface area contributed by atoms with E-state index in [0.717, 1.165) is 38.5 Å². The summed E-state index contributed by atoms with van der Waals surface area (Å²) in [5, 5.41) is 12.1. The van der Waals surface area contributed by atoms with Crippen LogP contribution in [0.4, 0.5) is 0 Å². The number of unbranched alkanes of at least 4 members (excludes halogenated alkanes) is 12. The molecule has 1 aliphatic heterocycles. The second kappa shape index (κ2) is 14.6. The van der Waals surface area contributed by atoms with Gasteiger partial charge in [0.05, 0.1) is 17.8 Å². The van der Waals surface area contributed by atoms with Gasteiger partial charge >= 0.3 is 5.97 Å². The second-order valence-corrected chi connectivity index (χ2v) is 21.0. The summed E-state index contributed by atoms with van der Waals surface area (Å²) in [4.78, 5) is 13.2. The van der Waals surface area contributed by atoms with Crippen LogP contribution < -0.4 is 0 Å². The van der Waals surface area contributed by atoms with Gasteiger partial charge in [0.25, 0.3) is 0 Å². The highest BCUT2D eigenvalue weighted by atomic mass is 16.6. The molecule has 6 rings (SSSR count). The van der Waals surface area contributed by atoms with Crippen LogP contribution in [0.3, 0.4) is 0 Å². The van der Waals surface area contributed by atoms with E-state index in [1.807, 2.05) is 0 Å². The van der Waals surface area contributed by atoms with Gasteiger partial charge in [0.15, 0.2) is 0 Å². The summed E-state index contributed by atoms with van der Waals surface area (Å²) in [5.74, 6) is 2.89. The topological polar surface area (TPSA) is 59.1 Å². The first-order valence-corrected chi connectivity index (χ1v) is 22.1. The molecule has 0 radical (unpaired) electrons. The Morgan fingerprint density at radius 1 is 0.700 bits per heavy atom. The normalized spacial score (nSPS) is 47.2. The van der Waals surface area contributed by atoms with E-state index >= 15 is 0 Å². The van der Waals surface area contributed by atoms with Crippen molar-refractivity contribution in [2.45, 2.75) is 227 Å². The number of carbonyl (C=O) groups is 1. The van der Waals surface area contributed by atoms with Crippen LogP contribution in [0.1, 0.15) is 204 Å². The lowest BCUT2D eigenvalue weighted by molar-refractivity contribution is -0.273. The summed E-state index contributed by atoms with van der Waals surface area (Å²) in [7, 11) is 0. The summed E-state index contributed by atoms with van der Waals surface area (Å²) in [6, 6.07) is 0. The average Bonchev–Trinajstić information content (AvgIpc) is 3.72. The third-order valence-electron chi connectivity index (χ3n) is 18.3. The lowest BCUT2D eigenvalue weighted by Crippen LogP contribution is -2.70. The maximum atomic E-state index is 13.2. The van der Waals surface area contributed by atoms with Crippen LogP contribution >= 0.6 is 0 Å². The maximum Gasteiger partial charge on any atom is 0.306 e. The molecule has 0 aromatic carbocycles. The highest BCUT2D eigenvalue weighted by Gasteiger charge is 2.75. The number of hydrogen-bond acceptors (Lipinski definition) is 4. The molecule has 5 saturated carbocycles. The highest BCUT2D eigenvalue weighted by Crippen LogP contribution is 2.78. The predicted octanol–water partition coefficient (Wildman–Crippen LogP) is 12.2. The number of aliphatic hydroxyl groups is 1. The Morgan fingerprint density at radius 2 is 1.30 bits per heavy atom. The maximum absolute atomic E-state index is 13.2. The summed E-state index contributed by atoms with van der Waals surface area (Å²) in [5.41, 5.74) is 0.526. The minimum Gasteiger partial charge on any atom is -0.462 e. The van der Waals surface area contributed by atoms with E-state index in [2.05, 4.69) is 62.3 Å². The van der Waals surface area contributed by atoms with Crippen LogP contribution in [-0.4, -0.2) is 35.0 Å². The molecule has 6 fully saturated rings. The molecule has 4 heteroatoms. The number of aliphatic hydroxyl groups excluding tert-OH is 1. The van der Waals surface area contributed by atoms with Crippen molar-refractivity contribution in [2.24, 2.45) is 56.7 Å². The molecule has 13 unspecified atom stereocenters. The minimum absolute atomic E-state index is 0.00998. The van der Waals surface area contributed by atoms with Gasteiger partial charge in [-0.2, -0.15) is 0 Å². The average molecular weight is 697 g/mol. The highest BCUT2D eigenvalue weighted by molar-refractivity contribution is 5.69. The molecule has 13 atom stereocenters. The fourth-order valence-corrected chi connectivity index (χ4v) is 14.8. The molecule has 1 N–H and O–H groups in total. The molecule has 0 amide bonds. The van der Waals surface area contributed by atoms with Crippen molar-refractivity contribution >= 4 is 5.97 Å². The fourth-order valence-electron chi connectivity index (χ4n) is 14.8. The van der Waals surface area contributed by atoms with Crippen LogP contribution in [0.5, 0.6) is 0 Å². The molecule has 1 saturated heterocycles. The second-order valence-electron chi connectivity index (χ2n) is 21.0. The van der Waals surface area contributed by atoms with Crippen LogP contribution in [0, 0.1) is 56.7 Å². The summed E-state index contributed by atoms with van der Waals surface area (Å²) < 4.78 is 12.8. The van der Waals surface area contributed by atoms with Gasteiger partial charge in [-0.15, -0.1) is 0 Å². The number of ether oxygens (including phenoxy) is 2. The zero-order valence-corrected chi connectivity index (χ0v) is 34.3. The zero-order valence-electron chi connectivity index (χ0n) is 34.3. The number of carbonyl (C=O) groups excluding carboxylic acids is 1. The molecule has 4 nitrogen and oxygen atoms in total. The monoisotopic (exact) mass is 697 g/mol. The number of epoxide rings is 1. The standard InChI is InChI=1S/C46H80O4/c1-10-11-12-13-14-15-16-17-18-19-20-21-22-23-39(48)49-37-27-28-42(5)34(41(37,3)4)26-29-44(7)35(42)25-24-33-40-32(2)46(9)38(50-46)31-43(40,6)36(47)30-45(33,44)8/h32-38,40,47H,10-31H2,1-9H3. The van der Waals surface area contributed by atoms with Crippen molar-refractivity contribution < 1.29 is 19.4 Å². The van der Waals surface area contributed by atoms with E-state index < -0.39 is 0 Å². The Bertz CT molecular complexity index is 1180. The fraction of sp³-hybridized carbons (Fsp3) is 0.978. The molecule has 6 aliphatic rings. The molecule has 5 aliphatic carbocycles. The van der Waals surface area contributed by atoms with E-state index in [9.17, 15) is 9.90 Å². The van der Waals surface area contributed by atoms with E-state index in [1.165, 1.54) is 96.3 Å². The van der Waals surface area contributed by atoms with E-state index in [0.29, 0.717) is 42.1 Å². The molecule has 288 valence electrons. The Hall–Kier alpha value is -0.610. The van der Waals surface area contributed by atoms with E-state index in [4.69, 9.17) is 9.47 Å². The van der Waals surface area contributed by atoms with Gasteiger partial charge < -0.3 is 14.6 Å². The van der Waals surface area contributed by atoms with Gasteiger partial charge in [0.2, 0.25) is 0 Å². The van der Waals surface area contributed by atoms with Gasteiger partial charge in [0.1, 0.15) is 6.10 Å². The number of fused-ring (bicyclic) bond motifs is 8. The predicted molar refractivity (Wildman–Crippen MR) is 206 cm³/mol. The van der Waals surface area contributed by atoms with Gasteiger partial charge in [0, 0.05) is 11.8 Å². The minimum atomic E-state index is -0.257. The summed E-state index contributed by atoms with van der Waals surface area (Å²) in [6.07, 6.45) is 27.1. The third-order valence-corrected chi connectivity index (χ3v) is 18.3. The summed E-state index contributed by atoms with van der Waals surface area (Å²) >= 11 is 0. The van der Waals surface area contributed by atoms with Crippen molar-refractivity contribution in [2.75, 3.05) is 0 Å². The van der Waals surface area contributed by atoms with Gasteiger partial charge in [-0.25, -0.2) is 0 Å². The first-order valence-electron chi connectivity index (χ1n) is 22.1. The van der Waals surface area contributed by atoms with Crippen LogP contribution in [0.15, 0.2) is 0 Å². The number of hydrogen-bond donors (Lipinski definition) is 1. The molecule has 0 spiro atoms. The van der Waals surface area contributed by atoms with E-state index in [-0.39, 0.29) is 50.9 Å². The van der Waals surface area contributed by atoms with Crippen LogP contribution in [0.25, 0.3) is 0 Å². The summed E-state index contributed by atoms with van der Waals surface area (Å²) in [6.45, 7) is 22.3. The van der Waals surface area contributed by atoms with Crippen molar-refractivity contribution in [3.8, 4) is 0 Å². The molecular weight excluding hydrogens is 617 g/mol.